The number of carbonyl (C=O) groups is 1. The Hall–Kier alpha value is -1.53. The number of benzene rings is 1. The molecule has 23 heavy (non-hydrogen) atoms. The molecule has 128 valence electrons. The van der Waals surface area contributed by atoms with Crippen molar-refractivity contribution in [1.82, 2.24) is 10.2 Å². The first-order valence-electron chi connectivity index (χ1n) is 8.02. The van der Waals surface area contributed by atoms with Crippen LogP contribution in [-0.4, -0.2) is 42.2 Å². The molecule has 2 unspecified atom stereocenters. The molecule has 1 saturated carbocycles. The van der Waals surface area contributed by atoms with E-state index in [1.807, 2.05) is 11.9 Å². The fourth-order valence-electron chi connectivity index (χ4n) is 3.08. The van der Waals surface area contributed by atoms with E-state index in [-0.39, 0.29) is 31.0 Å². The fourth-order valence-corrected chi connectivity index (χ4v) is 3.08. The molecule has 1 fully saturated rings. The lowest BCUT2D eigenvalue weighted by molar-refractivity contribution is -0.122. The van der Waals surface area contributed by atoms with Gasteiger partial charge in [0.15, 0.2) is 0 Å². The average molecular weight is 326 g/mol. The molecule has 0 aliphatic heterocycles. The van der Waals surface area contributed by atoms with Crippen LogP contribution < -0.4 is 5.32 Å². The summed E-state index contributed by atoms with van der Waals surface area (Å²) in [4.78, 5) is 13.8. The van der Waals surface area contributed by atoms with E-state index in [1.165, 1.54) is 12.1 Å². The Labute approximate surface area is 135 Å². The summed E-state index contributed by atoms with van der Waals surface area (Å²) in [5.74, 6) is -1.31. The summed E-state index contributed by atoms with van der Waals surface area (Å²) >= 11 is 0. The molecule has 0 radical (unpaired) electrons. The van der Waals surface area contributed by atoms with Gasteiger partial charge in [0, 0.05) is 19.2 Å². The second-order valence-electron chi connectivity index (χ2n) is 6.36. The number of halogens is 2. The SMILES string of the molecule is CN(CC(=O)NCc1cc(F)cc(F)c1)CC1CCCCC1O. The van der Waals surface area contributed by atoms with E-state index in [4.69, 9.17) is 0 Å². The molecule has 0 spiro atoms. The third-order valence-electron chi connectivity index (χ3n) is 4.24. The van der Waals surface area contributed by atoms with Gasteiger partial charge < -0.3 is 10.4 Å². The van der Waals surface area contributed by atoms with E-state index in [0.717, 1.165) is 31.7 Å². The first-order chi connectivity index (χ1) is 10.9. The van der Waals surface area contributed by atoms with Gasteiger partial charge in [-0.3, -0.25) is 9.69 Å². The van der Waals surface area contributed by atoms with Crippen molar-refractivity contribution in [2.45, 2.75) is 38.3 Å². The minimum atomic E-state index is -0.655. The van der Waals surface area contributed by atoms with Gasteiger partial charge in [-0.15, -0.1) is 0 Å². The molecule has 1 aromatic carbocycles. The van der Waals surface area contributed by atoms with Crippen molar-refractivity contribution in [2.75, 3.05) is 20.1 Å². The van der Waals surface area contributed by atoms with Crippen LogP contribution in [-0.2, 0) is 11.3 Å². The van der Waals surface area contributed by atoms with Gasteiger partial charge in [0.1, 0.15) is 11.6 Å². The lowest BCUT2D eigenvalue weighted by Gasteiger charge is -2.30. The van der Waals surface area contributed by atoms with Gasteiger partial charge in [-0.1, -0.05) is 12.8 Å². The smallest absolute Gasteiger partial charge is 0.234 e. The summed E-state index contributed by atoms with van der Waals surface area (Å²) in [6.07, 6.45) is 3.70. The van der Waals surface area contributed by atoms with Crippen molar-refractivity contribution in [3.8, 4) is 0 Å². The summed E-state index contributed by atoms with van der Waals surface area (Å²) in [7, 11) is 1.84. The number of carbonyl (C=O) groups excluding carboxylic acids is 1. The quantitative estimate of drug-likeness (QED) is 0.841. The zero-order chi connectivity index (χ0) is 16.8. The molecule has 1 aliphatic carbocycles. The normalized spacial score (nSPS) is 21.4. The van der Waals surface area contributed by atoms with Crippen LogP contribution in [0.15, 0.2) is 18.2 Å². The first kappa shape index (κ1) is 17.8. The number of likely N-dealkylation sites (N-methyl/N-ethyl adjacent to an activating group) is 1. The fraction of sp³-hybridized carbons (Fsp3) is 0.588. The van der Waals surface area contributed by atoms with E-state index in [1.54, 1.807) is 0 Å². The summed E-state index contributed by atoms with van der Waals surface area (Å²) in [6.45, 7) is 0.956. The van der Waals surface area contributed by atoms with E-state index >= 15 is 0 Å². The zero-order valence-electron chi connectivity index (χ0n) is 13.4. The number of hydrogen-bond donors (Lipinski definition) is 2. The molecule has 0 saturated heterocycles. The summed E-state index contributed by atoms with van der Waals surface area (Å²) in [6, 6.07) is 3.20. The molecule has 1 aliphatic rings. The van der Waals surface area contributed by atoms with Gasteiger partial charge >= 0.3 is 0 Å². The molecule has 2 rings (SSSR count). The number of nitrogens with one attached hydrogen (secondary N) is 1. The van der Waals surface area contributed by atoms with Gasteiger partial charge in [-0.25, -0.2) is 8.78 Å². The second kappa shape index (κ2) is 8.36. The predicted octanol–water partition coefficient (Wildman–Crippen LogP) is 2.06. The monoisotopic (exact) mass is 326 g/mol. The summed E-state index contributed by atoms with van der Waals surface area (Å²) in [5.41, 5.74) is 0.390. The Morgan fingerprint density at radius 3 is 2.57 bits per heavy atom. The van der Waals surface area contributed by atoms with Crippen LogP contribution in [0, 0.1) is 17.6 Å². The molecule has 0 aromatic heterocycles. The van der Waals surface area contributed by atoms with E-state index in [9.17, 15) is 18.7 Å². The Bertz CT molecular complexity index is 519. The third-order valence-corrected chi connectivity index (χ3v) is 4.24. The van der Waals surface area contributed by atoms with Gasteiger partial charge in [0.05, 0.1) is 12.6 Å². The predicted molar refractivity (Wildman–Crippen MR) is 83.7 cm³/mol. The minimum Gasteiger partial charge on any atom is -0.393 e. The molecule has 1 amide bonds. The number of rotatable bonds is 6. The van der Waals surface area contributed by atoms with E-state index in [0.29, 0.717) is 12.1 Å². The molecule has 2 N–H and O–H groups in total. The largest absolute Gasteiger partial charge is 0.393 e. The molecular formula is C17H24F2N2O2. The maximum Gasteiger partial charge on any atom is 0.234 e. The molecular weight excluding hydrogens is 302 g/mol. The van der Waals surface area contributed by atoms with Crippen molar-refractivity contribution in [1.29, 1.82) is 0 Å². The van der Waals surface area contributed by atoms with Crippen LogP contribution in [0.3, 0.4) is 0 Å². The van der Waals surface area contributed by atoms with Crippen molar-refractivity contribution in [2.24, 2.45) is 5.92 Å². The molecule has 4 nitrogen and oxygen atoms in total. The van der Waals surface area contributed by atoms with Crippen molar-refractivity contribution in [3.63, 3.8) is 0 Å². The van der Waals surface area contributed by atoms with Crippen molar-refractivity contribution in [3.05, 3.63) is 35.4 Å². The lowest BCUT2D eigenvalue weighted by atomic mass is 9.86. The average Bonchev–Trinajstić information content (AvgIpc) is 2.46. The molecule has 6 heteroatoms. The Morgan fingerprint density at radius 1 is 1.26 bits per heavy atom. The number of nitrogens with zero attached hydrogens (tertiary/aromatic N) is 1. The van der Waals surface area contributed by atoms with E-state index < -0.39 is 11.6 Å². The lowest BCUT2D eigenvalue weighted by Crippen LogP contribution is -2.40. The Kier molecular flexibility index (Phi) is 6.47. The number of amides is 1. The van der Waals surface area contributed by atoms with Crippen LogP contribution in [0.2, 0.25) is 0 Å². The Morgan fingerprint density at radius 2 is 1.91 bits per heavy atom. The van der Waals surface area contributed by atoms with Gasteiger partial charge in [-0.05, 0) is 43.5 Å². The Balaban J connectivity index is 1.75. The van der Waals surface area contributed by atoms with Crippen LogP contribution in [0.1, 0.15) is 31.2 Å². The first-order valence-corrected chi connectivity index (χ1v) is 8.02. The topological polar surface area (TPSA) is 52.6 Å². The van der Waals surface area contributed by atoms with Crippen LogP contribution in [0.25, 0.3) is 0 Å². The minimum absolute atomic E-state index is 0.0907. The van der Waals surface area contributed by atoms with Crippen LogP contribution in [0.4, 0.5) is 8.78 Å². The third kappa shape index (κ3) is 5.88. The van der Waals surface area contributed by atoms with Crippen molar-refractivity contribution >= 4 is 5.91 Å². The van der Waals surface area contributed by atoms with E-state index in [2.05, 4.69) is 5.32 Å². The van der Waals surface area contributed by atoms with Gasteiger partial charge in [-0.2, -0.15) is 0 Å². The standard InChI is InChI=1S/C17H24F2N2O2/c1-21(10-13-4-2-3-5-16(13)22)11-17(23)20-9-12-6-14(18)8-15(19)7-12/h6-8,13,16,22H,2-5,9-11H2,1H3,(H,20,23). The molecule has 0 heterocycles. The number of aliphatic hydroxyl groups excluding tert-OH is 1. The van der Waals surface area contributed by atoms with Crippen LogP contribution >= 0.6 is 0 Å². The molecule has 1 aromatic rings. The highest BCUT2D eigenvalue weighted by Gasteiger charge is 2.24. The van der Waals surface area contributed by atoms with Crippen LogP contribution in [0.5, 0.6) is 0 Å². The number of hydrogen-bond acceptors (Lipinski definition) is 3. The highest BCUT2D eigenvalue weighted by Crippen LogP contribution is 2.24. The molecule has 2 atom stereocenters. The zero-order valence-corrected chi connectivity index (χ0v) is 13.4. The maximum atomic E-state index is 13.1. The highest BCUT2D eigenvalue weighted by molar-refractivity contribution is 5.77. The number of aliphatic hydroxyl groups is 1. The summed E-state index contributed by atoms with van der Waals surface area (Å²) < 4.78 is 26.2. The maximum absolute atomic E-state index is 13.1. The van der Waals surface area contributed by atoms with Crippen molar-refractivity contribution < 1.29 is 18.7 Å². The van der Waals surface area contributed by atoms with Gasteiger partial charge in [0.25, 0.3) is 0 Å². The highest BCUT2D eigenvalue weighted by atomic mass is 19.1. The van der Waals surface area contributed by atoms with Gasteiger partial charge in [0.2, 0.25) is 5.91 Å². The molecule has 0 bridgehead atoms. The second-order valence-corrected chi connectivity index (χ2v) is 6.36. The summed E-state index contributed by atoms with van der Waals surface area (Å²) in [5, 5.41) is 12.6.